The van der Waals surface area contributed by atoms with Crippen LogP contribution in [0.15, 0.2) is 24.3 Å². The molecule has 1 heterocycles. The lowest BCUT2D eigenvalue weighted by Crippen LogP contribution is -2.53. The minimum atomic E-state index is -0.797. The summed E-state index contributed by atoms with van der Waals surface area (Å²) in [5.41, 5.74) is -0.0341. The smallest absolute Gasteiger partial charge is 0.120 e. The second-order valence-electron chi connectivity index (χ2n) is 6.37. The first-order chi connectivity index (χ1) is 8.85. The van der Waals surface area contributed by atoms with Gasteiger partial charge in [0.2, 0.25) is 0 Å². The van der Waals surface area contributed by atoms with E-state index in [9.17, 15) is 5.11 Å². The van der Waals surface area contributed by atoms with E-state index in [2.05, 4.69) is 19.2 Å². The van der Waals surface area contributed by atoms with Gasteiger partial charge in [-0.25, -0.2) is 0 Å². The zero-order chi connectivity index (χ0) is 14.1. The molecule has 1 aliphatic rings. The van der Waals surface area contributed by atoms with E-state index in [0.717, 1.165) is 30.8 Å². The normalized spacial score (nSPS) is 26.4. The van der Waals surface area contributed by atoms with Crippen LogP contribution in [0.3, 0.4) is 0 Å². The van der Waals surface area contributed by atoms with Crippen LogP contribution in [-0.4, -0.2) is 24.3 Å². The van der Waals surface area contributed by atoms with Crippen molar-refractivity contribution in [2.24, 2.45) is 5.41 Å². The summed E-state index contributed by atoms with van der Waals surface area (Å²) in [6.07, 6.45) is 0.872. The van der Waals surface area contributed by atoms with E-state index >= 15 is 0 Å². The van der Waals surface area contributed by atoms with Crippen LogP contribution in [0.25, 0.3) is 0 Å². The van der Waals surface area contributed by atoms with E-state index < -0.39 is 5.60 Å². The molecule has 1 atom stereocenters. The van der Waals surface area contributed by atoms with Gasteiger partial charge in [0.05, 0.1) is 11.7 Å². The molecule has 1 aromatic rings. The van der Waals surface area contributed by atoms with Crippen LogP contribution in [0.1, 0.15) is 39.7 Å². The first kappa shape index (κ1) is 14.4. The molecule has 1 saturated heterocycles. The van der Waals surface area contributed by atoms with Gasteiger partial charge in [0.25, 0.3) is 0 Å². The number of nitrogens with one attached hydrogen (secondary N) is 1. The third-order valence-electron chi connectivity index (χ3n) is 4.03. The molecule has 1 aromatic carbocycles. The molecule has 0 spiro atoms. The van der Waals surface area contributed by atoms with E-state index in [0.29, 0.717) is 0 Å². The number of ether oxygens (including phenoxy) is 1. The first-order valence-corrected chi connectivity index (χ1v) is 7.05. The maximum absolute atomic E-state index is 11.1. The van der Waals surface area contributed by atoms with Gasteiger partial charge in [0, 0.05) is 12.0 Å². The SMILES string of the molecule is CC(C)Oc1cccc(C2(O)CCNCC2(C)C)c1. The second-order valence-corrected chi connectivity index (χ2v) is 6.37. The first-order valence-electron chi connectivity index (χ1n) is 7.05. The van der Waals surface area contributed by atoms with Gasteiger partial charge in [0.1, 0.15) is 5.75 Å². The highest BCUT2D eigenvalue weighted by Gasteiger charge is 2.46. The molecule has 0 amide bonds. The second kappa shape index (κ2) is 5.14. The molecule has 19 heavy (non-hydrogen) atoms. The van der Waals surface area contributed by atoms with Gasteiger partial charge in [-0.3, -0.25) is 0 Å². The Bertz CT molecular complexity index is 442. The maximum atomic E-state index is 11.1. The molecule has 0 saturated carbocycles. The van der Waals surface area contributed by atoms with Gasteiger partial charge >= 0.3 is 0 Å². The minimum absolute atomic E-state index is 0.144. The van der Waals surface area contributed by atoms with Crippen molar-refractivity contribution >= 4 is 0 Å². The molecule has 106 valence electrons. The van der Waals surface area contributed by atoms with E-state index in [1.54, 1.807) is 0 Å². The summed E-state index contributed by atoms with van der Waals surface area (Å²) < 4.78 is 5.73. The molecule has 0 aromatic heterocycles. The van der Waals surface area contributed by atoms with Gasteiger partial charge in [-0.05, 0) is 44.5 Å². The highest BCUT2D eigenvalue weighted by molar-refractivity contribution is 5.34. The van der Waals surface area contributed by atoms with Gasteiger partial charge < -0.3 is 15.2 Å². The standard InChI is InChI=1S/C16H25NO2/c1-12(2)19-14-7-5-6-13(10-14)16(18)8-9-17-11-15(16,3)4/h5-7,10,12,17-18H,8-9,11H2,1-4H3. The van der Waals surface area contributed by atoms with E-state index in [-0.39, 0.29) is 11.5 Å². The highest BCUT2D eigenvalue weighted by Crippen LogP contribution is 2.44. The highest BCUT2D eigenvalue weighted by atomic mass is 16.5. The summed E-state index contributed by atoms with van der Waals surface area (Å²) in [6, 6.07) is 7.89. The van der Waals surface area contributed by atoms with Crippen LogP contribution in [0.4, 0.5) is 0 Å². The molecule has 1 fully saturated rings. The monoisotopic (exact) mass is 263 g/mol. The molecule has 1 aliphatic heterocycles. The fraction of sp³-hybridized carbons (Fsp3) is 0.625. The van der Waals surface area contributed by atoms with Crippen molar-refractivity contribution < 1.29 is 9.84 Å². The van der Waals surface area contributed by atoms with Gasteiger partial charge in [0.15, 0.2) is 0 Å². The number of hydrogen-bond acceptors (Lipinski definition) is 3. The summed E-state index contributed by atoms with van der Waals surface area (Å²) in [4.78, 5) is 0. The van der Waals surface area contributed by atoms with Crippen molar-refractivity contribution in [1.82, 2.24) is 5.32 Å². The van der Waals surface area contributed by atoms with Crippen LogP contribution in [0.2, 0.25) is 0 Å². The Labute approximate surface area is 116 Å². The van der Waals surface area contributed by atoms with Crippen LogP contribution in [0.5, 0.6) is 5.75 Å². The number of piperidine rings is 1. The minimum Gasteiger partial charge on any atom is -0.491 e. The van der Waals surface area contributed by atoms with Crippen molar-refractivity contribution in [3.63, 3.8) is 0 Å². The van der Waals surface area contributed by atoms with Gasteiger partial charge in [-0.1, -0.05) is 26.0 Å². The number of rotatable bonds is 3. The summed E-state index contributed by atoms with van der Waals surface area (Å²) >= 11 is 0. The van der Waals surface area contributed by atoms with Crippen molar-refractivity contribution in [2.45, 2.75) is 45.8 Å². The van der Waals surface area contributed by atoms with Crippen molar-refractivity contribution in [3.8, 4) is 5.75 Å². The Morgan fingerprint density at radius 2 is 2.05 bits per heavy atom. The predicted octanol–water partition coefficient (Wildman–Crippen LogP) is 2.68. The average molecular weight is 263 g/mol. The third kappa shape index (κ3) is 2.77. The maximum Gasteiger partial charge on any atom is 0.120 e. The lowest BCUT2D eigenvalue weighted by molar-refractivity contribution is -0.0946. The van der Waals surface area contributed by atoms with E-state index in [1.807, 2.05) is 38.1 Å². The predicted molar refractivity (Wildman–Crippen MR) is 77.4 cm³/mol. The largest absolute Gasteiger partial charge is 0.491 e. The molecule has 3 heteroatoms. The fourth-order valence-corrected chi connectivity index (χ4v) is 2.79. The van der Waals surface area contributed by atoms with Crippen LogP contribution >= 0.6 is 0 Å². The zero-order valence-corrected chi connectivity index (χ0v) is 12.4. The Balaban J connectivity index is 2.34. The van der Waals surface area contributed by atoms with Gasteiger partial charge in [-0.2, -0.15) is 0 Å². The molecular formula is C16H25NO2. The molecule has 1 unspecified atom stereocenters. The van der Waals surface area contributed by atoms with Crippen LogP contribution < -0.4 is 10.1 Å². The van der Waals surface area contributed by atoms with Crippen LogP contribution in [0, 0.1) is 5.41 Å². The summed E-state index contributed by atoms with van der Waals surface area (Å²) in [5.74, 6) is 0.829. The molecule has 2 rings (SSSR count). The zero-order valence-electron chi connectivity index (χ0n) is 12.4. The summed E-state index contributed by atoms with van der Waals surface area (Å²) in [6.45, 7) is 9.89. The average Bonchev–Trinajstić information content (AvgIpc) is 2.32. The van der Waals surface area contributed by atoms with E-state index in [1.165, 1.54) is 0 Å². The summed E-state index contributed by atoms with van der Waals surface area (Å²) in [5, 5.41) is 14.5. The van der Waals surface area contributed by atoms with Crippen molar-refractivity contribution in [3.05, 3.63) is 29.8 Å². The van der Waals surface area contributed by atoms with Crippen molar-refractivity contribution in [2.75, 3.05) is 13.1 Å². The topological polar surface area (TPSA) is 41.5 Å². The fourth-order valence-electron chi connectivity index (χ4n) is 2.79. The van der Waals surface area contributed by atoms with E-state index in [4.69, 9.17) is 4.74 Å². The summed E-state index contributed by atoms with van der Waals surface area (Å²) in [7, 11) is 0. The molecule has 0 bridgehead atoms. The Morgan fingerprint density at radius 1 is 1.32 bits per heavy atom. The molecule has 0 aliphatic carbocycles. The number of benzene rings is 1. The quantitative estimate of drug-likeness (QED) is 0.881. The Hall–Kier alpha value is -1.06. The lowest BCUT2D eigenvalue weighted by atomic mass is 9.67. The molecule has 2 N–H and O–H groups in total. The number of aliphatic hydroxyl groups is 1. The lowest BCUT2D eigenvalue weighted by Gasteiger charge is -2.47. The van der Waals surface area contributed by atoms with Crippen LogP contribution in [-0.2, 0) is 5.60 Å². The molecule has 3 nitrogen and oxygen atoms in total. The van der Waals surface area contributed by atoms with Gasteiger partial charge in [-0.15, -0.1) is 0 Å². The number of hydrogen-bond donors (Lipinski definition) is 2. The Morgan fingerprint density at radius 3 is 2.68 bits per heavy atom. The van der Waals surface area contributed by atoms with Crippen molar-refractivity contribution in [1.29, 1.82) is 0 Å². The molecular weight excluding hydrogens is 238 g/mol. The third-order valence-corrected chi connectivity index (χ3v) is 4.03. The Kier molecular flexibility index (Phi) is 3.88. The molecule has 0 radical (unpaired) electrons.